The zero-order valence-electron chi connectivity index (χ0n) is 14.2. The Kier molecular flexibility index (Phi) is 2.89. The summed E-state index contributed by atoms with van der Waals surface area (Å²) in [6.07, 6.45) is -1.14. The largest absolute Gasteiger partial charge is 0.461 e. The second-order valence-electron chi connectivity index (χ2n) is 7.35. The predicted molar refractivity (Wildman–Crippen MR) is 89.3 cm³/mol. The van der Waals surface area contributed by atoms with Crippen molar-refractivity contribution in [3.05, 3.63) is 58.7 Å². The van der Waals surface area contributed by atoms with Gasteiger partial charge in [0.25, 0.3) is 0 Å². The molecule has 1 fully saturated rings. The summed E-state index contributed by atoms with van der Waals surface area (Å²) < 4.78 is 17.8. The van der Waals surface area contributed by atoms with Gasteiger partial charge in [-0.2, -0.15) is 0 Å². The average molecular weight is 340 g/mol. The molecule has 5 nitrogen and oxygen atoms in total. The van der Waals surface area contributed by atoms with Crippen LogP contribution in [0.4, 0.5) is 0 Å². The standard InChI is InChI=1S/C20H20O5/c1-11-3-5-13-15(9-11)24-18-19(13,22)7-8-20(25-18)14-6-4-12(2)10-16(14)23-17(20)21/h3-6,9-10,17-18,21-22H,7-8H2,1-2H3. The van der Waals surface area contributed by atoms with Crippen molar-refractivity contribution in [3.63, 3.8) is 0 Å². The third-order valence-corrected chi connectivity index (χ3v) is 5.65. The monoisotopic (exact) mass is 340 g/mol. The number of hydrogen-bond donors (Lipinski definition) is 2. The van der Waals surface area contributed by atoms with E-state index in [4.69, 9.17) is 14.2 Å². The molecular formula is C20H20O5. The van der Waals surface area contributed by atoms with Gasteiger partial charge in [0.1, 0.15) is 11.5 Å². The van der Waals surface area contributed by atoms with Crippen molar-refractivity contribution >= 4 is 0 Å². The van der Waals surface area contributed by atoms with Gasteiger partial charge in [0.2, 0.25) is 12.6 Å². The van der Waals surface area contributed by atoms with Crippen molar-refractivity contribution in [2.45, 2.75) is 50.5 Å². The molecule has 0 radical (unpaired) electrons. The molecule has 25 heavy (non-hydrogen) atoms. The van der Waals surface area contributed by atoms with E-state index in [2.05, 4.69) is 0 Å². The molecule has 2 aromatic rings. The lowest BCUT2D eigenvalue weighted by atomic mass is 9.78. The number of aryl methyl sites for hydroxylation is 2. The first-order valence-electron chi connectivity index (χ1n) is 8.56. The number of ether oxygens (including phenoxy) is 3. The normalized spacial score (nSPS) is 34.9. The summed E-state index contributed by atoms with van der Waals surface area (Å²) >= 11 is 0. The average Bonchev–Trinajstić information content (AvgIpc) is 2.99. The Morgan fingerprint density at radius 3 is 2.28 bits per heavy atom. The minimum atomic E-state index is -1.21. The summed E-state index contributed by atoms with van der Waals surface area (Å²) in [6.45, 7) is 3.95. The van der Waals surface area contributed by atoms with Gasteiger partial charge in [0.15, 0.2) is 11.2 Å². The third kappa shape index (κ3) is 1.89. The van der Waals surface area contributed by atoms with E-state index in [1.165, 1.54) is 0 Å². The minimum Gasteiger partial charge on any atom is -0.461 e. The molecule has 0 saturated carbocycles. The molecule has 5 rings (SSSR count). The van der Waals surface area contributed by atoms with E-state index >= 15 is 0 Å². The molecule has 5 heteroatoms. The first-order valence-corrected chi connectivity index (χ1v) is 8.56. The number of aliphatic hydroxyl groups excluding tert-OH is 1. The molecule has 1 saturated heterocycles. The van der Waals surface area contributed by atoms with Crippen molar-refractivity contribution in [1.82, 2.24) is 0 Å². The Bertz CT molecular complexity index is 878. The number of hydrogen-bond acceptors (Lipinski definition) is 5. The lowest BCUT2D eigenvalue weighted by molar-refractivity contribution is -0.315. The van der Waals surface area contributed by atoms with Crippen LogP contribution in [0.25, 0.3) is 0 Å². The van der Waals surface area contributed by atoms with Crippen molar-refractivity contribution in [2.24, 2.45) is 0 Å². The quantitative estimate of drug-likeness (QED) is 0.772. The molecule has 130 valence electrons. The lowest BCUT2D eigenvalue weighted by Crippen LogP contribution is -2.55. The van der Waals surface area contributed by atoms with Crippen LogP contribution in [0.3, 0.4) is 0 Å². The van der Waals surface area contributed by atoms with E-state index < -0.39 is 23.8 Å². The molecule has 3 heterocycles. The number of rotatable bonds is 0. The van der Waals surface area contributed by atoms with Gasteiger partial charge < -0.3 is 24.4 Å². The van der Waals surface area contributed by atoms with E-state index in [-0.39, 0.29) is 0 Å². The molecule has 4 atom stereocenters. The molecule has 3 aliphatic heterocycles. The van der Waals surface area contributed by atoms with Crippen molar-refractivity contribution in [3.8, 4) is 11.5 Å². The highest BCUT2D eigenvalue weighted by Gasteiger charge is 2.62. The van der Waals surface area contributed by atoms with Gasteiger partial charge in [-0.25, -0.2) is 0 Å². The summed E-state index contributed by atoms with van der Waals surface area (Å²) in [6, 6.07) is 11.5. The van der Waals surface area contributed by atoms with Crippen molar-refractivity contribution < 1.29 is 24.4 Å². The predicted octanol–water partition coefficient (Wildman–Crippen LogP) is 2.63. The van der Waals surface area contributed by atoms with E-state index in [1.54, 1.807) is 0 Å². The maximum Gasteiger partial charge on any atom is 0.234 e. The van der Waals surface area contributed by atoms with E-state index in [0.29, 0.717) is 24.3 Å². The molecule has 4 unspecified atom stereocenters. The molecule has 3 aliphatic rings. The van der Waals surface area contributed by atoms with E-state index in [9.17, 15) is 10.2 Å². The Morgan fingerprint density at radius 2 is 1.56 bits per heavy atom. The third-order valence-electron chi connectivity index (χ3n) is 5.65. The zero-order chi connectivity index (χ0) is 17.4. The number of fused-ring (bicyclic) bond motifs is 5. The Morgan fingerprint density at radius 1 is 0.920 bits per heavy atom. The maximum atomic E-state index is 11.2. The molecule has 2 N–H and O–H groups in total. The fraction of sp³-hybridized carbons (Fsp3) is 0.400. The number of aliphatic hydroxyl groups is 2. The first-order chi connectivity index (χ1) is 11.9. The molecule has 0 amide bonds. The lowest BCUT2D eigenvalue weighted by Gasteiger charge is -2.43. The Hall–Kier alpha value is -2.08. The van der Waals surface area contributed by atoms with Gasteiger partial charge in [-0.15, -0.1) is 0 Å². The van der Waals surface area contributed by atoms with Crippen LogP contribution in [0.15, 0.2) is 36.4 Å². The zero-order valence-corrected chi connectivity index (χ0v) is 14.2. The fourth-order valence-corrected chi connectivity index (χ4v) is 4.23. The maximum absolute atomic E-state index is 11.2. The van der Waals surface area contributed by atoms with Gasteiger partial charge in [-0.05, 0) is 49.9 Å². The summed E-state index contributed by atoms with van der Waals surface area (Å²) in [4.78, 5) is 0. The fourth-order valence-electron chi connectivity index (χ4n) is 4.23. The summed E-state index contributed by atoms with van der Waals surface area (Å²) in [5.41, 5.74) is 1.44. The smallest absolute Gasteiger partial charge is 0.234 e. The van der Waals surface area contributed by atoms with Gasteiger partial charge in [-0.1, -0.05) is 24.3 Å². The Labute approximate surface area is 145 Å². The topological polar surface area (TPSA) is 68.2 Å². The highest BCUT2D eigenvalue weighted by molar-refractivity contribution is 5.48. The molecule has 0 aliphatic carbocycles. The summed E-state index contributed by atoms with van der Waals surface area (Å²) in [5, 5.41) is 21.8. The van der Waals surface area contributed by atoms with Crippen LogP contribution in [0.2, 0.25) is 0 Å². The van der Waals surface area contributed by atoms with Crippen molar-refractivity contribution in [2.75, 3.05) is 0 Å². The second-order valence-corrected chi connectivity index (χ2v) is 7.35. The van der Waals surface area contributed by atoms with Gasteiger partial charge in [0.05, 0.1) is 0 Å². The highest BCUT2D eigenvalue weighted by Crippen LogP contribution is 2.57. The highest BCUT2D eigenvalue weighted by atomic mass is 16.7. The van der Waals surface area contributed by atoms with Crippen LogP contribution < -0.4 is 9.47 Å². The van der Waals surface area contributed by atoms with Gasteiger partial charge >= 0.3 is 0 Å². The van der Waals surface area contributed by atoms with Crippen LogP contribution in [0.5, 0.6) is 11.5 Å². The van der Waals surface area contributed by atoms with Gasteiger partial charge in [-0.3, -0.25) is 0 Å². The summed E-state index contributed by atoms with van der Waals surface area (Å²) in [7, 11) is 0. The Balaban J connectivity index is 1.56. The van der Waals surface area contributed by atoms with Crippen LogP contribution in [0, 0.1) is 13.8 Å². The molecule has 0 bridgehead atoms. The molecular weight excluding hydrogens is 320 g/mol. The SMILES string of the molecule is Cc1ccc2c(c1)OC1OC3(CCC21O)c1ccc(C)cc1OC3O. The van der Waals surface area contributed by atoms with Crippen LogP contribution in [-0.2, 0) is 15.9 Å². The summed E-state index contributed by atoms with van der Waals surface area (Å²) in [5.74, 6) is 1.27. The molecule has 2 aromatic carbocycles. The number of benzene rings is 2. The first kappa shape index (κ1) is 15.2. The van der Waals surface area contributed by atoms with Crippen LogP contribution in [-0.4, -0.2) is 22.8 Å². The molecule has 0 aromatic heterocycles. The molecule has 1 spiro atoms. The van der Waals surface area contributed by atoms with E-state index in [1.807, 2.05) is 50.2 Å². The second kappa shape index (κ2) is 4.75. The minimum absolute atomic E-state index is 0.418. The van der Waals surface area contributed by atoms with Gasteiger partial charge in [0, 0.05) is 11.1 Å². The van der Waals surface area contributed by atoms with Crippen LogP contribution in [0.1, 0.15) is 35.1 Å². The van der Waals surface area contributed by atoms with Crippen molar-refractivity contribution in [1.29, 1.82) is 0 Å². The van der Waals surface area contributed by atoms with E-state index in [0.717, 1.165) is 22.3 Å². The van der Waals surface area contributed by atoms with Crippen LogP contribution >= 0.6 is 0 Å².